The molecule has 0 aliphatic carbocycles. The highest BCUT2D eigenvalue weighted by molar-refractivity contribution is 5.75. The smallest absolute Gasteiger partial charge is 0.156 e. The second-order valence-corrected chi connectivity index (χ2v) is 6.60. The molecule has 0 saturated carbocycles. The first-order valence-corrected chi connectivity index (χ1v) is 8.66. The lowest BCUT2D eigenvalue weighted by atomic mass is 10.0. The number of phenolic OH excluding ortho intramolecular Hbond substituents is 2. The van der Waals surface area contributed by atoms with Crippen molar-refractivity contribution in [2.45, 2.75) is 20.4 Å². The largest absolute Gasteiger partial charge is 0.508 e. The quantitative estimate of drug-likeness (QED) is 0.519. The SMILES string of the molecule is Cc1ccc(-c2cc3nc(C)c(CN)c(-c4ccc(O)cc4O)n3n2)cc1. The van der Waals surface area contributed by atoms with E-state index >= 15 is 0 Å². The average Bonchev–Trinajstić information content (AvgIpc) is 3.05. The van der Waals surface area contributed by atoms with E-state index < -0.39 is 0 Å². The average molecular weight is 360 g/mol. The molecule has 0 unspecified atom stereocenters. The highest BCUT2D eigenvalue weighted by Gasteiger charge is 2.19. The number of rotatable bonds is 3. The van der Waals surface area contributed by atoms with E-state index in [9.17, 15) is 10.2 Å². The van der Waals surface area contributed by atoms with Gasteiger partial charge in [0.15, 0.2) is 5.65 Å². The van der Waals surface area contributed by atoms with E-state index in [1.807, 2.05) is 44.2 Å². The zero-order valence-electron chi connectivity index (χ0n) is 15.1. The molecule has 136 valence electrons. The molecular formula is C21H20N4O2. The molecule has 0 aliphatic heterocycles. The van der Waals surface area contributed by atoms with Crippen LogP contribution < -0.4 is 5.73 Å². The summed E-state index contributed by atoms with van der Waals surface area (Å²) in [6.07, 6.45) is 0. The van der Waals surface area contributed by atoms with Gasteiger partial charge in [-0.3, -0.25) is 0 Å². The van der Waals surface area contributed by atoms with Gasteiger partial charge in [0.25, 0.3) is 0 Å². The molecule has 0 fully saturated rings. The molecule has 4 N–H and O–H groups in total. The van der Waals surface area contributed by atoms with E-state index in [1.165, 1.54) is 17.7 Å². The fraction of sp³-hybridized carbons (Fsp3) is 0.143. The highest BCUT2D eigenvalue weighted by Crippen LogP contribution is 2.35. The van der Waals surface area contributed by atoms with Crippen LogP contribution >= 0.6 is 0 Å². The normalized spacial score (nSPS) is 11.2. The monoisotopic (exact) mass is 360 g/mol. The van der Waals surface area contributed by atoms with Gasteiger partial charge in [-0.1, -0.05) is 29.8 Å². The third-order valence-electron chi connectivity index (χ3n) is 4.70. The molecule has 0 atom stereocenters. The van der Waals surface area contributed by atoms with Crippen molar-refractivity contribution in [1.29, 1.82) is 0 Å². The summed E-state index contributed by atoms with van der Waals surface area (Å²) in [5.41, 5.74) is 12.4. The number of aryl methyl sites for hydroxylation is 2. The van der Waals surface area contributed by atoms with Gasteiger partial charge in [-0.05, 0) is 26.0 Å². The summed E-state index contributed by atoms with van der Waals surface area (Å²) < 4.78 is 1.70. The van der Waals surface area contributed by atoms with E-state index in [1.54, 1.807) is 10.6 Å². The minimum Gasteiger partial charge on any atom is -0.508 e. The molecule has 0 spiro atoms. The van der Waals surface area contributed by atoms with Crippen LogP contribution in [0, 0.1) is 13.8 Å². The van der Waals surface area contributed by atoms with Gasteiger partial charge < -0.3 is 15.9 Å². The van der Waals surface area contributed by atoms with Crippen LogP contribution in [0.25, 0.3) is 28.2 Å². The number of benzene rings is 2. The Hall–Kier alpha value is -3.38. The van der Waals surface area contributed by atoms with E-state index in [-0.39, 0.29) is 18.0 Å². The van der Waals surface area contributed by atoms with Gasteiger partial charge in [0.1, 0.15) is 11.5 Å². The maximum Gasteiger partial charge on any atom is 0.156 e. The van der Waals surface area contributed by atoms with Gasteiger partial charge in [-0.2, -0.15) is 5.10 Å². The third-order valence-corrected chi connectivity index (χ3v) is 4.70. The van der Waals surface area contributed by atoms with Crippen molar-refractivity contribution >= 4 is 5.65 Å². The summed E-state index contributed by atoms with van der Waals surface area (Å²) >= 11 is 0. The Morgan fingerprint density at radius 2 is 1.74 bits per heavy atom. The second kappa shape index (κ2) is 6.41. The van der Waals surface area contributed by atoms with Gasteiger partial charge in [-0.25, -0.2) is 9.50 Å². The highest BCUT2D eigenvalue weighted by atomic mass is 16.3. The summed E-state index contributed by atoms with van der Waals surface area (Å²) in [5.74, 6) is -0.0441. The zero-order chi connectivity index (χ0) is 19.1. The Bertz CT molecular complexity index is 1150. The lowest BCUT2D eigenvalue weighted by molar-refractivity contribution is 0.451. The van der Waals surface area contributed by atoms with E-state index in [4.69, 9.17) is 10.8 Å². The maximum absolute atomic E-state index is 10.4. The number of aromatic hydroxyl groups is 2. The summed E-state index contributed by atoms with van der Waals surface area (Å²) in [5, 5.41) is 24.8. The maximum atomic E-state index is 10.4. The Kier molecular flexibility index (Phi) is 4.05. The lowest BCUT2D eigenvalue weighted by Gasteiger charge is -2.14. The topological polar surface area (TPSA) is 96.7 Å². The molecule has 0 bridgehead atoms. The summed E-state index contributed by atoms with van der Waals surface area (Å²) in [4.78, 5) is 4.63. The number of nitrogens with two attached hydrogens (primary N) is 1. The molecule has 0 saturated heterocycles. The van der Waals surface area contributed by atoms with Crippen molar-refractivity contribution in [3.63, 3.8) is 0 Å². The van der Waals surface area contributed by atoms with Gasteiger partial charge in [-0.15, -0.1) is 0 Å². The molecule has 6 heteroatoms. The van der Waals surface area contributed by atoms with Crippen molar-refractivity contribution in [1.82, 2.24) is 14.6 Å². The Balaban J connectivity index is 2.02. The predicted octanol–water partition coefficient (Wildman–Crippen LogP) is 3.55. The third kappa shape index (κ3) is 2.90. The van der Waals surface area contributed by atoms with Crippen LogP contribution in [-0.4, -0.2) is 24.8 Å². The standard InChI is InChI=1S/C21H20N4O2/c1-12-3-5-14(6-4-12)18-10-20-23-13(2)17(11-22)21(25(20)24-18)16-8-7-15(26)9-19(16)27/h3-10,26-27H,11,22H2,1-2H3. The van der Waals surface area contributed by atoms with E-state index in [0.717, 1.165) is 22.5 Å². The molecule has 2 aromatic carbocycles. The van der Waals surface area contributed by atoms with Crippen LogP contribution in [0.2, 0.25) is 0 Å². The van der Waals surface area contributed by atoms with Crippen molar-refractivity contribution in [3.8, 4) is 34.0 Å². The predicted molar refractivity (Wildman–Crippen MR) is 105 cm³/mol. The van der Waals surface area contributed by atoms with E-state index in [2.05, 4.69) is 4.98 Å². The summed E-state index contributed by atoms with van der Waals surface area (Å²) in [7, 11) is 0. The minimum absolute atomic E-state index is 0.00613. The van der Waals surface area contributed by atoms with E-state index in [0.29, 0.717) is 16.9 Å². The number of nitrogens with zero attached hydrogens (tertiary/aromatic N) is 3. The van der Waals surface area contributed by atoms with Crippen LogP contribution in [0.15, 0.2) is 48.5 Å². The number of fused-ring (bicyclic) bond motifs is 1. The second-order valence-electron chi connectivity index (χ2n) is 6.60. The minimum atomic E-state index is -0.0380. The molecule has 2 heterocycles. The summed E-state index contributed by atoms with van der Waals surface area (Å²) in [6.45, 7) is 4.18. The van der Waals surface area contributed by atoms with Gasteiger partial charge in [0.05, 0.1) is 11.4 Å². The fourth-order valence-corrected chi connectivity index (χ4v) is 3.26. The van der Waals surface area contributed by atoms with Crippen LogP contribution in [-0.2, 0) is 6.54 Å². The Morgan fingerprint density at radius 1 is 1.00 bits per heavy atom. The first-order valence-electron chi connectivity index (χ1n) is 8.66. The molecule has 6 nitrogen and oxygen atoms in total. The van der Waals surface area contributed by atoms with Crippen molar-refractivity contribution in [2.24, 2.45) is 5.73 Å². The Labute approximate surface area is 156 Å². The van der Waals surface area contributed by atoms with Crippen molar-refractivity contribution in [3.05, 3.63) is 65.4 Å². The van der Waals surface area contributed by atoms with Crippen LogP contribution in [0.5, 0.6) is 11.5 Å². The number of hydrogen-bond acceptors (Lipinski definition) is 5. The fourth-order valence-electron chi connectivity index (χ4n) is 3.26. The molecule has 27 heavy (non-hydrogen) atoms. The van der Waals surface area contributed by atoms with Gasteiger partial charge >= 0.3 is 0 Å². The molecule has 0 aliphatic rings. The van der Waals surface area contributed by atoms with Crippen LogP contribution in [0.1, 0.15) is 16.8 Å². The van der Waals surface area contributed by atoms with Gasteiger partial charge in [0.2, 0.25) is 0 Å². The first kappa shape index (κ1) is 17.1. The zero-order valence-corrected chi connectivity index (χ0v) is 15.1. The van der Waals surface area contributed by atoms with Crippen LogP contribution in [0.3, 0.4) is 0 Å². The number of aromatic nitrogens is 3. The van der Waals surface area contributed by atoms with Crippen LogP contribution in [0.4, 0.5) is 0 Å². The lowest BCUT2D eigenvalue weighted by Crippen LogP contribution is -2.09. The van der Waals surface area contributed by atoms with Crippen molar-refractivity contribution < 1.29 is 10.2 Å². The molecular weight excluding hydrogens is 340 g/mol. The molecule has 4 rings (SSSR count). The van der Waals surface area contributed by atoms with Crippen molar-refractivity contribution in [2.75, 3.05) is 0 Å². The first-order chi connectivity index (χ1) is 13.0. The molecule has 0 radical (unpaired) electrons. The number of phenols is 2. The molecule has 2 aromatic heterocycles. The molecule has 4 aromatic rings. The number of hydrogen-bond donors (Lipinski definition) is 3. The summed E-state index contributed by atoms with van der Waals surface area (Å²) in [6, 6.07) is 14.5. The van der Waals surface area contributed by atoms with Gasteiger partial charge in [0, 0.05) is 41.1 Å². The Morgan fingerprint density at radius 3 is 2.41 bits per heavy atom. The molecule has 0 amide bonds.